The van der Waals surface area contributed by atoms with Crippen molar-refractivity contribution in [1.29, 1.82) is 0 Å². The summed E-state index contributed by atoms with van der Waals surface area (Å²) >= 11 is -1.43. The van der Waals surface area contributed by atoms with E-state index in [1.807, 2.05) is 0 Å². The van der Waals surface area contributed by atoms with Crippen LogP contribution in [0.4, 0.5) is 0 Å². The van der Waals surface area contributed by atoms with Crippen molar-refractivity contribution in [3.05, 3.63) is 4.94 Å². The molecule has 0 fully saturated rings. The third kappa shape index (κ3) is 58.9. The quantitative estimate of drug-likeness (QED) is 0.495. The van der Waals surface area contributed by atoms with Crippen LogP contribution in [0, 0.1) is 4.94 Å². The molecule has 0 aromatic rings. The molecule has 31 valence electrons. The molecule has 1 radical (unpaired) electrons. The molecule has 5 heavy (non-hydrogen) atoms. The molecule has 1 heteroatoms. The van der Waals surface area contributed by atoms with Crippen molar-refractivity contribution in [1.82, 2.24) is 0 Å². The molecular weight excluding hydrogens is 167 g/mol. The van der Waals surface area contributed by atoms with Gasteiger partial charge in [-0.2, -0.15) is 0 Å². The predicted octanol–water partition coefficient (Wildman–Crippen LogP) is 1.70. The van der Waals surface area contributed by atoms with Gasteiger partial charge in [-0.25, -0.2) is 0 Å². The molecule has 0 aromatic carbocycles. The Morgan fingerprint density at radius 3 is 1.20 bits per heavy atom. The topological polar surface area (TPSA) is 0 Å². The van der Waals surface area contributed by atoms with E-state index in [4.69, 9.17) is 0 Å². The van der Waals surface area contributed by atoms with Crippen LogP contribution in [-0.2, 0) is 0 Å². The van der Waals surface area contributed by atoms with Crippen LogP contribution in [0.5, 0.6) is 0 Å². The second kappa shape index (κ2) is 1.50. The summed E-state index contributed by atoms with van der Waals surface area (Å²) in [5, 5.41) is 0. The van der Waals surface area contributed by atoms with Gasteiger partial charge in [0.05, 0.1) is 0 Å². The van der Waals surface area contributed by atoms with Crippen LogP contribution in [0.1, 0.15) is 0 Å². The number of hydrogen-bond donors (Lipinski definition) is 0. The summed E-state index contributed by atoms with van der Waals surface area (Å²) in [6.45, 7) is 0. The maximum atomic E-state index is 3.98. The normalized spacial score (nSPS) is 12.0. The first kappa shape index (κ1) is 5.80. The van der Waals surface area contributed by atoms with Crippen LogP contribution < -0.4 is 0 Å². The molecule has 0 nitrogen and oxygen atoms in total. The van der Waals surface area contributed by atoms with Crippen molar-refractivity contribution in [2.45, 2.75) is 14.8 Å². The van der Waals surface area contributed by atoms with Crippen molar-refractivity contribution in [3.63, 3.8) is 0 Å². The molecule has 0 aliphatic carbocycles. The van der Waals surface area contributed by atoms with Crippen LogP contribution in [0.2, 0.25) is 14.8 Å². The molecule has 0 aliphatic rings. The van der Waals surface area contributed by atoms with E-state index in [2.05, 4.69) is 19.8 Å². The molecule has 0 N–H and O–H groups in total. The fourth-order valence-electron chi connectivity index (χ4n) is 0. The van der Waals surface area contributed by atoms with Crippen molar-refractivity contribution in [3.8, 4) is 0 Å². The SMILES string of the molecule is [CH2][Sn]([CH3])([CH3])[CH3]. The zero-order valence-electron chi connectivity index (χ0n) is 4.21. The van der Waals surface area contributed by atoms with Gasteiger partial charge in [-0.05, 0) is 0 Å². The average molecular weight is 178 g/mol. The summed E-state index contributed by atoms with van der Waals surface area (Å²) in [4.78, 5) is 10.8. The fourth-order valence-corrected chi connectivity index (χ4v) is 0. The van der Waals surface area contributed by atoms with Gasteiger partial charge < -0.3 is 0 Å². The first-order valence-corrected chi connectivity index (χ1v) is 12.4. The summed E-state index contributed by atoms with van der Waals surface area (Å²) in [6, 6.07) is 0. The molecule has 0 rings (SSSR count). The van der Waals surface area contributed by atoms with E-state index >= 15 is 0 Å². The van der Waals surface area contributed by atoms with Crippen LogP contribution in [0.15, 0.2) is 0 Å². The number of rotatable bonds is 0. The van der Waals surface area contributed by atoms with Crippen LogP contribution >= 0.6 is 0 Å². The van der Waals surface area contributed by atoms with E-state index in [9.17, 15) is 0 Å². The van der Waals surface area contributed by atoms with Gasteiger partial charge in [0, 0.05) is 0 Å². The summed E-state index contributed by atoms with van der Waals surface area (Å²) in [7, 11) is 0. The molecule has 0 spiro atoms. The van der Waals surface area contributed by atoms with Crippen LogP contribution in [-0.4, -0.2) is 18.4 Å². The summed E-state index contributed by atoms with van der Waals surface area (Å²) in [6.07, 6.45) is 0. The fraction of sp³-hybridized carbons (Fsp3) is 0.750. The maximum absolute atomic E-state index is 3.98. The van der Waals surface area contributed by atoms with E-state index in [0.717, 1.165) is 0 Å². The van der Waals surface area contributed by atoms with Gasteiger partial charge in [-0.3, -0.25) is 0 Å². The standard InChI is InChI=1S/3CH3.CH2.Sn/h3*1H3;1H2;. The Hall–Kier alpha value is 0.799. The first-order valence-electron chi connectivity index (χ1n) is 1.85. The van der Waals surface area contributed by atoms with E-state index in [0.29, 0.717) is 0 Å². The molecular formula is C4H11Sn. The third-order valence-corrected chi connectivity index (χ3v) is 0. The van der Waals surface area contributed by atoms with E-state index in [1.54, 1.807) is 0 Å². The van der Waals surface area contributed by atoms with Gasteiger partial charge in [0.15, 0.2) is 0 Å². The zero-order chi connectivity index (χ0) is 4.50. The minimum absolute atomic E-state index is 1.43. The van der Waals surface area contributed by atoms with Gasteiger partial charge in [0.1, 0.15) is 0 Å². The predicted molar refractivity (Wildman–Crippen MR) is 28.7 cm³/mol. The van der Waals surface area contributed by atoms with Gasteiger partial charge >= 0.3 is 38.1 Å². The Morgan fingerprint density at radius 2 is 1.20 bits per heavy atom. The van der Waals surface area contributed by atoms with Gasteiger partial charge in [0.2, 0.25) is 0 Å². The summed E-state index contributed by atoms with van der Waals surface area (Å²) in [5.41, 5.74) is 0. The molecule has 0 aliphatic heterocycles. The minimum atomic E-state index is -1.43. The zero-order valence-corrected chi connectivity index (χ0v) is 7.06. The van der Waals surface area contributed by atoms with E-state index in [-0.39, 0.29) is 0 Å². The second-order valence-electron chi connectivity index (χ2n) is 2.56. The summed E-state index contributed by atoms with van der Waals surface area (Å²) in [5.74, 6) is 0. The van der Waals surface area contributed by atoms with Crippen molar-refractivity contribution in [2.24, 2.45) is 0 Å². The molecule has 0 saturated heterocycles. The van der Waals surface area contributed by atoms with Gasteiger partial charge in [-0.15, -0.1) is 0 Å². The first-order chi connectivity index (χ1) is 2.00. The van der Waals surface area contributed by atoms with E-state index in [1.165, 1.54) is 0 Å². The Labute approximate surface area is 38.5 Å². The Balaban J connectivity index is 3.02. The third-order valence-electron chi connectivity index (χ3n) is 0. The molecule has 0 unspecified atom stereocenters. The van der Waals surface area contributed by atoms with Crippen molar-refractivity contribution >= 4 is 18.4 Å². The Kier molecular flexibility index (Phi) is 1.74. The van der Waals surface area contributed by atoms with Crippen molar-refractivity contribution < 1.29 is 0 Å². The molecule has 0 amide bonds. The Morgan fingerprint density at radius 1 is 1.20 bits per heavy atom. The van der Waals surface area contributed by atoms with Crippen molar-refractivity contribution in [2.75, 3.05) is 0 Å². The van der Waals surface area contributed by atoms with Gasteiger partial charge in [-0.1, -0.05) is 0 Å². The molecule has 0 bridgehead atoms. The molecule has 0 saturated carbocycles. The molecule has 0 aromatic heterocycles. The average Bonchev–Trinajstić information content (AvgIpc) is 0.722. The van der Waals surface area contributed by atoms with E-state index < -0.39 is 18.4 Å². The van der Waals surface area contributed by atoms with Crippen LogP contribution in [0.3, 0.4) is 0 Å². The number of hydrogen-bond acceptors (Lipinski definition) is 0. The monoisotopic (exact) mass is 179 g/mol. The Bertz CT molecular complexity index is 19.1. The molecule has 0 atom stereocenters. The van der Waals surface area contributed by atoms with Gasteiger partial charge in [0.25, 0.3) is 0 Å². The molecule has 0 heterocycles. The summed E-state index contributed by atoms with van der Waals surface area (Å²) < 4.78 is 0. The second-order valence-corrected chi connectivity index (χ2v) is 17.2. The van der Waals surface area contributed by atoms with Crippen LogP contribution in [0.25, 0.3) is 0 Å².